The van der Waals surface area contributed by atoms with Crippen molar-refractivity contribution in [2.24, 2.45) is 0 Å². The van der Waals surface area contributed by atoms with Crippen LogP contribution in [0.25, 0.3) is 0 Å². The van der Waals surface area contributed by atoms with Crippen LogP contribution in [-0.2, 0) is 11.2 Å². The number of aldehydes is 1. The number of aromatic nitrogens is 1. The normalized spacial score (nSPS) is 15.2. The molecule has 1 unspecified atom stereocenters. The summed E-state index contributed by atoms with van der Waals surface area (Å²) in [4.78, 5) is 18.6. The van der Waals surface area contributed by atoms with E-state index in [-0.39, 0.29) is 0 Å². The number of rotatable bonds is 8. The van der Waals surface area contributed by atoms with Crippen molar-refractivity contribution in [3.63, 3.8) is 0 Å². The number of thioether (sulfide) groups is 1. The van der Waals surface area contributed by atoms with Gasteiger partial charge in [0.1, 0.15) is 29.3 Å². The van der Waals surface area contributed by atoms with Gasteiger partial charge in [0.25, 0.3) is 0 Å². The third-order valence-electron chi connectivity index (χ3n) is 4.72. The molecule has 5 nitrogen and oxygen atoms in total. The third-order valence-corrected chi connectivity index (χ3v) is 5.87. The Kier molecular flexibility index (Phi) is 8.04. The van der Waals surface area contributed by atoms with Crippen molar-refractivity contribution in [2.75, 3.05) is 18.0 Å². The van der Waals surface area contributed by atoms with E-state index in [1.807, 2.05) is 6.92 Å². The first kappa shape index (κ1) is 21.5. The molecule has 2 rings (SSSR count). The minimum atomic E-state index is -0.554. The average Bonchev–Trinajstić information content (AvgIpc) is 2.75. The Morgan fingerprint density at radius 3 is 2.43 bits per heavy atom. The van der Waals surface area contributed by atoms with Crippen LogP contribution in [0.15, 0.2) is 42.0 Å². The Hall–Kier alpha value is -2.83. The van der Waals surface area contributed by atoms with Crippen LogP contribution in [0.4, 0.5) is 5.82 Å². The number of nitrogens with zero attached hydrogens (tertiary/aromatic N) is 4. The fourth-order valence-corrected chi connectivity index (χ4v) is 4.35. The predicted molar refractivity (Wildman–Crippen MR) is 113 cm³/mol. The van der Waals surface area contributed by atoms with E-state index in [4.69, 9.17) is 4.98 Å². The summed E-state index contributed by atoms with van der Waals surface area (Å²) in [6, 6.07) is 4.47. The summed E-state index contributed by atoms with van der Waals surface area (Å²) < 4.78 is 0. The lowest BCUT2D eigenvalue weighted by molar-refractivity contribution is -0.106. The summed E-state index contributed by atoms with van der Waals surface area (Å²) in [6.07, 6.45) is 9.56. The van der Waals surface area contributed by atoms with E-state index in [2.05, 4.69) is 30.2 Å². The highest BCUT2D eigenvalue weighted by Gasteiger charge is 2.25. The molecule has 28 heavy (non-hydrogen) atoms. The molecule has 0 saturated carbocycles. The third kappa shape index (κ3) is 4.52. The minimum Gasteiger partial charge on any atom is -0.355 e. The maximum atomic E-state index is 11.7. The molecule has 1 saturated heterocycles. The van der Waals surface area contributed by atoms with Crippen LogP contribution in [0.1, 0.15) is 42.9 Å². The topological polar surface area (TPSA) is 80.8 Å². The van der Waals surface area contributed by atoms with E-state index in [1.165, 1.54) is 18.2 Å². The van der Waals surface area contributed by atoms with Crippen molar-refractivity contribution in [1.29, 1.82) is 10.5 Å². The second-order valence-corrected chi connectivity index (χ2v) is 7.51. The molecule has 0 radical (unpaired) electrons. The van der Waals surface area contributed by atoms with Gasteiger partial charge in [-0.1, -0.05) is 50.1 Å². The minimum absolute atomic E-state index is 0.374. The molecule has 1 aromatic heterocycles. The molecule has 0 bridgehead atoms. The van der Waals surface area contributed by atoms with Crippen molar-refractivity contribution < 1.29 is 4.79 Å². The number of nitriles is 2. The summed E-state index contributed by atoms with van der Waals surface area (Å²) in [5.41, 5.74) is 2.24. The van der Waals surface area contributed by atoms with Gasteiger partial charge in [-0.3, -0.25) is 0 Å². The highest BCUT2D eigenvalue weighted by Crippen LogP contribution is 2.36. The number of hydrogen-bond acceptors (Lipinski definition) is 6. The van der Waals surface area contributed by atoms with Crippen LogP contribution in [-0.4, -0.2) is 29.6 Å². The molecule has 2 heterocycles. The maximum Gasteiger partial charge on any atom is 0.148 e. The lowest BCUT2D eigenvalue weighted by atomic mass is 10.0. The fraction of sp³-hybridized carbons (Fsp3) is 0.364. The van der Waals surface area contributed by atoms with Gasteiger partial charge in [-0.25, -0.2) is 4.98 Å². The van der Waals surface area contributed by atoms with Crippen LogP contribution in [0.3, 0.4) is 0 Å². The van der Waals surface area contributed by atoms with Crippen LogP contribution in [0, 0.1) is 22.7 Å². The molecular weight excluding hydrogens is 368 g/mol. The van der Waals surface area contributed by atoms with Crippen LogP contribution < -0.4 is 4.90 Å². The number of carbonyl (C=O) groups excluding carboxylic acids is 1. The first-order valence-electron chi connectivity index (χ1n) is 9.34. The molecule has 0 aromatic carbocycles. The van der Waals surface area contributed by atoms with Gasteiger partial charge >= 0.3 is 0 Å². The second kappa shape index (κ2) is 10.5. The molecule has 0 spiro atoms. The summed E-state index contributed by atoms with van der Waals surface area (Å²) in [5.74, 6) is 0.623. The molecule has 1 aromatic rings. The number of pyridine rings is 1. The van der Waals surface area contributed by atoms with Crippen molar-refractivity contribution in [3.8, 4) is 12.1 Å². The Bertz CT molecular complexity index is 870. The lowest BCUT2D eigenvalue weighted by Gasteiger charge is -2.30. The van der Waals surface area contributed by atoms with Gasteiger partial charge in [-0.15, -0.1) is 0 Å². The van der Waals surface area contributed by atoms with Crippen LogP contribution in [0.5, 0.6) is 0 Å². The smallest absolute Gasteiger partial charge is 0.148 e. The van der Waals surface area contributed by atoms with Gasteiger partial charge in [-0.2, -0.15) is 10.5 Å². The van der Waals surface area contributed by atoms with Gasteiger partial charge in [0.05, 0.1) is 16.4 Å². The van der Waals surface area contributed by atoms with E-state index in [0.717, 1.165) is 32.2 Å². The summed E-state index contributed by atoms with van der Waals surface area (Å²) >= 11 is 1.21. The zero-order chi connectivity index (χ0) is 20.5. The van der Waals surface area contributed by atoms with Gasteiger partial charge in [0.2, 0.25) is 0 Å². The zero-order valence-corrected chi connectivity index (χ0v) is 17.0. The van der Waals surface area contributed by atoms with Gasteiger partial charge in [0, 0.05) is 13.1 Å². The first-order valence-corrected chi connectivity index (χ1v) is 10.2. The van der Waals surface area contributed by atoms with E-state index in [0.29, 0.717) is 39.5 Å². The first-order chi connectivity index (χ1) is 13.6. The molecule has 0 amide bonds. The molecule has 1 aliphatic rings. The Balaban J connectivity index is 2.62. The lowest BCUT2D eigenvalue weighted by Crippen LogP contribution is -2.31. The van der Waals surface area contributed by atoms with Crippen molar-refractivity contribution in [3.05, 3.63) is 53.6 Å². The quantitative estimate of drug-likeness (QED) is 0.372. The fourth-order valence-electron chi connectivity index (χ4n) is 3.31. The molecule has 0 N–H and O–H groups in total. The SMILES string of the molecule is C=C/C=C(\C=C)C(C=O)Sc1nc(N2CCCCC2)c(C#N)c(CC)c1C#N. The molecule has 1 fully saturated rings. The van der Waals surface area contributed by atoms with Crippen LogP contribution >= 0.6 is 11.8 Å². The van der Waals surface area contributed by atoms with Crippen molar-refractivity contribution in [1.82, 2.24) is 4.98 Å². The predicted octanol–water partition coefficient (Wildman–Crippen LogP) is 4.34. The zero-order valence-electron chi connectivity index (χ0n) is 16.1. The van der Waals surface area contributed by atoms with E-state index in [1.54, 1.807) is 18.2 Å². The van der Waals surface area contributed by atoms with E-state index >= 15 is 0 Å². The van der Waals surface area contributed by atoms with Gasteiger partial charge in [-0.05, 0) is 36.8 Å². The summed E-state index contributed by atoms with van der Waals surface area (Å²) in [6.45, 7) is 11.0. The highest BCUT2D eigenvalue weighted by atomic mass is 32.2. The van der Waals surface area contributed by atoms with Gasteiger partial charge < -0.3 is 9.69 Å². The van der Waals surface area contributed by atoms with E-state index in [9.17, 15) is 15.3 Å². The monoisotopic (exact) mass is 392 g/mol. The Labute approximate surface area is 171 Å². The molecule has 1 atom stereocenters. The average molecular weight is 393 g/mol. The maximum absolute atomic E-state index is 11.7. The highest BCUT2D eigenvalue weighted by molar-refractivity contribution is 8.00. The van der Waals surface area contributed by atoms with Gasteiger partial charge in [0.15, 0.2) is 0 Å². The molecular formula is C22H24N4OS. The largest absolute Gasteiger partial charge is 0.355 e. The number of allylic oxidation sites excluding steroid dienone is 3. The van der Waals surface area contributed by atoms with Crippen molar-refractivity contribution in [2.45, 2.75) is 42.9 Å². The summed E-state index contributed by atoms with van der Waals surface area (Å²) in [7, 11) is 0. The summed E-state index contributed by atoms with van der Waals surface area (Å²) in [5, 5.41) is 19.5. The number of hydrogen-bond donors (Lipinski definition) is 0. The number of anilines is 1. The standard InChI is InChI=1S/C22H24N4OS/c1-4-10-16(5-2)20(15-27)28-22-19(14-24)17(6-3)18(13-23)21(25-22)26-11-8-7-9-12-26/h4-5,10,15,20H,1-2,6-9,11-12H2,3H3/b16-10+. The Morgan fingerprint density at radius 2 is 1.93 bits per heavy atom. The number of carbonyl (C=O) groups is 1. The Morgan fingerprint density at radius 1 is 1.25 bits per heavy atom. The van der Waals surface area contributed by atoms with E-state index < -0.39 is 5.25 Å². The second-order valence-electron chi connectivity index (χ2n) is 6.38. The molecule has 6 heteroatoms. The molecule has 0 aliphatic carbocycles. The van der Waals surface area contributed by atoms with Crippen LogP contribution in [0.2, 0.25) is 0 Å². The molecule has 144 valence electrons. The van der Waals surface area contributed by atoms with Crippen molar-refractivity contribution >= 4 is 23.9 Å². The number of piperidine rings is 1. The molecule has 1 aliphatic heterocycles.